The summed E-state index contributed by atoms with van der Waals surface area (Å²) in [4.78, 5) is 17.9. The van der Waals surface area contributed by atoms with E-state index in [2.05, 4.69) is 15.4 Å². The molecule has 2 aliphatic rings. The summed E-state index contributed by atoms with van der Waals surface area (Å²) in [7, 11) is -3.37. The minimum absolute atomic E-state index is 0. The number of anilines is 2. The van der Waals surface area contributed by atoms with Crippen LogP contribution in [0.5, 0.6) is 0 Å². The molecule has 2 amide bonds. The molecule has 0 bridgehead atoms. The zero-order valence-corrected chi connectivity index (χ0v) is 16.4. The number of aromatic nitrogens is 3. The second kappa shape index (κ2) is 7.25. The molecule has 0 saturated carbocycles. The summed E-state index contributed by atoms with van der Waals surface area (Å²) in [5.74, 6) is 0.0900. The van der Waals surface area contributed by atoms with Crippen molar-refractivity contribution < 1.29 is 23.4 Å². The molecule has 0 radical (unpaired) electrons. The van der Waals surface area contributed by atoms with Gasteiger partial charge in [-0.2, -0.15) is 5.10 Å². The first kappa shape index (κ1) is 19.6. The molecule has 2 aromatic rings. The number of hydrogen-bond acceptors (Lipinski definition) is 5. The fraction of sp³-hybridized carbons (Fsp3) is 0.471. The maximum atomic E-state index is 12.8. The number of nitrogens with one attached hydrogen (secondary N) is 1. The van der Waals surface area contributed by atoms with Gasteiger partial charge >= 0.3 is 6.03 Å². The Morgan fingerprint density at radius 1 is 1.41 bits per heavy atom. The van der Waals surface area contributed by atoms with E-state index in [0.717, 1.165) is 6.07 Å². The van der Waals surface area contributed by atoms with Gasteiger partial charge < -0.3 is 10.2 Å². The number of amides is 2. The smallest absolute Gasteiger partial charge is 0.314 e. The fourth-order valence-electron chi connectivity index (χ4n) is 3.62. The highest BCUT2D eigenvalue weighted by Crippen LogP contribution is 2.31. The highest BCUT2D eigenvalue weighted by molar-refractivity contribution is 7.93. The van der Waals surface area contributed by atoms with E-state index in [0.29, 0.717) is 30.9 Å². The molecule has 158 valence electrons. The SMILES string of the molecule is C[C@H]1Cn2ncc(N3CCCS3(=O)=O)c2CN1C(=O)Nc1ccnc(C(F)F)c1.[HH]. The predicted molar refractivity (Wildman–Crippen MR) is 103 cm³/mol. The highest BCUT2D eigenvalue weighted by Gasteiger charge is 2.35. The molecular weight excluding hydrogens is 406 g/mol. The van der Waals surface area contributed by atoms with E-state index in [1.165, 1.54) is 27.7 Å². The minimum Gasteiger partial charge on any atom is -0.314 e. The molecule has 4 heterocycles. The standard InChI is InChI=1S/C17H20F2N6O3S.H2/c1-11-9-24-15(14(8-21-24)25-5-2-6-29(25,27)28)10-23(11)17(26)22-12-3-4-20-13(7-12)16(18)19;/h3-4,7-8,11,16H,2,5-6,9-10H2,1H3,(H,20,22,26);1H/t11-;/m0./s1. The average molecular weight is 428 g/mol. The van der Waals surface area contributed by atoms with Crippen LogP contribution in [0, 0.1) is 0 Å². The Morgan fingerprint density at radius 2 is 2.21 bits per heavy atom. The number of fused-ring (bicyclic) bond motifs is 1. The molecule has 9 nitrogen and oxygen atoms in total. The Kier molecular flexibility index (Phi) is 4.89. The second-order valence-electron chi connectivity index (χ2n) is 7.08. The van der Waals surface area contributed by atoms with E-state index in [9.17, 15) is 22.0 Å². The molecule has 12 heteroatoms. The Bertz CT molecular complexity index is 1050. The number of urea groups is 1. The summed E-state index contributed by atoms with van der Waals surface area (Å²) in [6.07, 6.45) is 0.536. The van der Waals surface area contributed by atoms with Gasteiger partial charge in [-0.15, -0.1) is 0 Å². The van der Waals surface area contributed by atoms with E-state index in [-0.39, 0.29) is 25.5 Å². The summed E-state index contributed by atoms with van der Waals surface area (Å²) in [5.41, 5.74) is 0.908. The zero-order valence-electron chi connectivity index (χ0n) is 15.6. The highest BCUT2D eigenvalue weighted by atomic mass is 32.2. The lowest BCUT2D eigenvalue weighted by Crippen LogP contribution is -2.47. The van der Waals surface area contributed by atoms with Crippen LogP contribution in [0.4, 0.5) is 25.0 Å². The number of carbonyl (C=O) groups is 1. The number of halogens is 2. The summed E-state index contributed by atoms with van der Waals surface area (Å²) in [5, 5.41) is 6.90. The van der Waals surface area contributed by atoms with Crippen molar-refractivity contribution in [3.05, 3.63) is 35.9 Å². The lowest BCUT2D eigenvalue weighted by atomic mass is 10.2. The topological polar surface area (TPSA) is 100 Å². The van der Waals surface area contributed by atoms with E-state index in [1.54, 1.807) is 4.68 Å². The minimum atomic E-state index is -3.37. The number of pyridine rings is 1. The molecule has 2 aromatic heterocycles. The summed E-state index contributed by atoms with van der Waals surface area (Å²) in [6.45, 7) is 2.78. The number of sulfonamides is 1. The van der Waals surface area contributed by atoms with Gasteiger partial charge in [-0.05, 0) is 25.5 Å². The van der Waals surface area contributed by atoms with Crippen LogP contribution in [0.2, 0.25) is 0 Å². The van der Waals surface area contributed by atoms with Gasteiger partial charge in [0.05, 0.1) is 42.5 Å². The van der Waals surface area contributed by atoms with Gasteiger partial charge in [-0.3, -0.25) is 14.0 Å². The quantitative estimate of drug-likeness (QED) is 0.809. The van der Waals surface area contributed by atoms with Gasteiger partial charge in [0.1, 0.15) is 5.69 Å². The van der Waals surface area contributed by atoms with Crippen LogP contribution in [0.1, 0.15) is 32.6 Å². The third-order valence-electron chi connectivity index (χ3n) is 5.10. The molecule has 4 rings (SSSR count). The molecular formula is C17H22F2N6O3S. The third-order valence-corrected chi connectivity index (χ3v) is 6.96. The van der Waals surface area contributed by atoms with Crippen molar-refractivity contribution in [2.45, 2.75) is 38.9 Å². The van der Waals surface area contributed by atoms with Crippen LogP contribution < -0.4 is 9.62 Å². The normalized spacial score (nSPS) is 20.8. The van der Waals surface area contributed by atoms with Gasteiger partial charge in [0.15, 0.2) is 0 Å². The van der Waals surface area contributed by atoms with E-state index < -0.39 is 28.2 Å². The molecule has 0 aromatic carbocycles. The van der Waals surface area contributed by atoms with Crippen LogP contribution in [0.25, 0.3) is 0 Å². The van der Waals surface area contributed by atoms with Crippen LogP contribution in [-0.2, 0) is 23.1 Å². The monoisotopic (exact) mass is 428 g/mol. The number of nitrogens with zero attached hydrogens (tertiary/aromatic N) is 5. The van der Waals surface area contributed by atoms with E-state index in [4.69, 9.17) is 0 Å². The third kappa shape index (κ3) is 3.63. The molecule has 0 spiro atoms. The first-order valence-corrected chi connectivity index (χ1v) is 10.7. The number of carbonyl (C=O) groups excluding carboxylic acids is 1. The fourth-order valence-corrected chi connectivity index (χ4v) is 5.19. The summed E-state index contributed by atoms with van der Waals surface area (Å²) >= 11 is 0. The molecule has 1 N–H and O–H groups in total. The molecule has 2 aliphatic heterocycles. The van der Waals surface area contributed by atoms with Crippen LogP contribution in [-0.4, -0.2) is 52.5 Å². The van der Waals surface area contributed by atoms with Crippen molar-refractivity contribution >= 4 is 27.4 Å². The maximum Gasteiger partial charge on any atom is 0.322 e. The lowest BCUT2D eigenvalue weighted by molar-refractivity contribution is 0.146. The van der Waals surface area contributed by atoms with Crippen LogP contribution in [0.3, 0.4) is 0 Å². The van der Waals surface area contributed by atoms with E-state index >= 15 is 0 Å². The Balaban J connectivity index is 0.00000256. The first-order valence-electron chi connectivity index (χ1n) is 9.13. The molecule has 1 fully saturated rings. The summed E-state index contributed by atoms with van der Waals surface area (Å²) in [6, 6.07) is 1.88. The maximum absolute atomic E-state index is 12.8. The van der Waals surface area contributed by atoms with Crippen molar-refractivity contribution in [3.8, 4) is 0 Å². The first-order chi connectivity index (χ1) is 13.8. The Labute approximate surface area is 167 Å². The number of hydrogen-bond donors (Lipinski definition) is 1. The van der Waals surface area contributed by atoms with Crippen molar-refractivity contribution in [1.29, 1.82) is 0 Å². The average Bonchev–Trinajstić information content (AvgIpc) is 3.22. The molecule has 0 aliphatic carbocycles. The van der Waals surface area contributed by atoms with Crippen molar-refractivity contribution in [2.24, 2.45) is 0 Å². The molecule has 1 atom stereocenters. The van der Waals surface area contributed by atoms with Gasteiger partial charge in [0, 0.05) is 19.9 Å². The number of rotatable bonds is 3. The second-order valence-corrected chi connectivity index (χ2v) is 9.09. The van der Waals surface area contributed by atoms with Gasteiger partial charge in [-0.1, -0.05) is 0 Å². The van der Waals surface area contributed by atoms with Crippen molar-refractivity contribution in [3.63, 3.8) is 0 Å². The van der Waals surface area contributed by atoms with Gasteiger partial charge in [0.25, 0.3) is 6.43 Å². The largest absolute Gasteiger partial charge is 0.322 e. The molecule has 29 heavy (non-hydrogen) atoms. The predicted octanol–water partition coefficient (Wildman–Crippen LogP) is 2.44. The summed E-state index contributed by atoms with van der Waals surface area (Å²) < 4.78 is 53.3. The zero-order chi connectivity index (χ0) is 20.8. The number of alkyl halides is 2. The van der Waals surface area contributed by atoms with Crippen molar-refractivity contribution in [1.82, 2.24) is 19.7 Å². The molecule has 1 saturated heterocycles. The van der Waals surface area contributed by atoms with Crippen LogP contribution >= 0.6 is 0 Å². The lowest BCUT2D eigenvalue weighted by Gasteiger charge is -2.35. The van der Waals surface area contributed by atoms with E-state index in [1.807, 2.05) is 6.92 Å². The molecule has 0 unspecified atom stereocenters. The Morgan fingerprint density at radius 3 is 2.90 bits per heavy atom. The van der Waals surface area contributed by atoms with Gasteiger partial charge in [0.2, 0.25) is 10.0 Å². The van der Waals surface area contributed by atoms with Gasteiger partial charge in [-0.25, -0.2) is 22.0 Å². The van der Waals surface area contributed by atoms with Crippen molar-refractivity contribution in [2.75, 3.05) is 21.9 Å². The van der Waals surface area contributed by atoms with Crippen LogP contribution in [0.15, 0.2) is 24.5 Å². The Hall–Kier alpha value is -2.76.